The Bertz CT molecular complexity index is 446. The number of benzene rings is 1. The second kappa shape index (κ2) is 7.54. The van der Waals surface area contributed by atoms with E-state index >= 15 is 0 Å². The van der Waals surface area contributed by atoms with E-state index in [2.05, 4.69) is 15.9 Å². The fourth-order valence-corrected chi connectivity index (χ4v) is 1.91. The summed E-state index contributed by atoms with van der Waals surface area (Å²) in [4.78, 5) is 23.2. The quantitative estimate of drug-likeness (QED) is 0.593. The van der Waals surface area contributed by atoms with E-state index in [9.17, 15) is 9.59 Å². The van der Waals surface area contributed by atoms with Gasteiger partial charge in [-0.2, -0.15) is 0 Å². The fraction of sp³-hybridized carbons (Fsp3) is 0.385. The minimum Gasteiger partial charge on any atom is -0.462 e. The van der Waals surface area contributed by atoms with Gasteiger partial charge in [0.05, 0.1) is 17.5 Å². The molecule has 0 aliphatic rings. The molecule has 0 N–H and O–H groups in total. The topological polar surface area (TPSA) is 43.4 Å². The number of carbonyl (C=O) groups is 2. The SMILES string of the molecule is CCOC(=O)c1ccc(CCl)cc1CC(=O)CBr. The van der Waals surface area contributed by atoms with Crippen LogP contribution >= 0.6 is 27.5 Å². The van der Waals surface area contributed by atoms with Gasteiger partial charge in [0.1, 0.15) is 5.78 Å². The van der Waals surface area contributed by atoms with E-state index in [1.165, 1.54) is 0 Å². The number of hydrogen-bond acceptors (Lipinski definition) is 3. The molecule has 1 aromatic carbocycles. The van der Waals surface area contributed by atoms with Gasteiger partial charge in [0.15, 0.2) is 0 Å². The fourth-order valence-electron chi connectivity index (χ4n) is 1.54. The van der Waals surface area contributed by atoms with Crippen LogP contribution < -0.4 is 0 Å². The van der Waals surface area contributed by atoms with Gasteiger partial charge in [-0.3, -0.25) is 4.79 Å². The van der Waals surface area contributed by atoms with Gasteiger partial charge in [0, 0.05) is 12.3 Å². The summed E-state index contributed by atoms with van der Waals surface area (Å²) in [7, 11) is 0. The molecule has 1 aromatic rings. The molecule has 0 fully saturated rings. The summed E-state index contributed by atoms with van der Waals surface area (Å²) < 4.78 is 4.96. The van der Waals surface area contributed by atoms with Crippen molar-refractivity contribution in [2.24, 2.45) is 0 Å². The molecule has 0 aliphatic carbocycles. The molecule has 0 heterocycles. The summed E-state index contributed by atoms with van der Waals surface area (Å²) in [6.45, 7) is 2.05. The van der Waals surface area contributed by atoms with Crippen LogP contribution in [0.15, 0.2) is 18.2 Å². The largest absolute Gasteiger partial charge is 0.462 e. The number of esters is 1. The van der Waals surface area contributed by atoms with Crippen molar-refractivity contribution < 1.29 is 14.3 Å². The van der Waals surface area contributed by atoms with Crippen molar-refractivity contribution in [3.8, 4) is 0 Å². The standard InChI is InChI=1S/C13H14BrClO3/c1-2-18-13(17)12-4-3-9(8-15)5-10(12)6-11(16)7-14/h3-5H,2,6-8H2,1H3. The van der Waals surface area contributed by atoms with E-state index in [1.54, 1.807) is 25.1 Å². The van der Waals surface area contributed by atoms with E-state index in [4.69, 9.17) is 16.3 Å². The first kappa shape index (κ1) is 15.2. The van der Waals surface area contributed by atoms with Crippen molar-refractivity contribution in [1.82, 2.24) is 0 Å². The second-order valence-electron chi connectivity index (χ2n) is 3.69. The van der Waals surface area contributed by atoms with Crippen molar-refractivity contribution in [2.75, 3.05) is 11.9 Å². The lowest BCUT2D eigenvalue weighted by Gasteiger charge is -2.09. The molecule has 0 atom stereocenters. The molecule has 5 heteroatoms. The summed E-state index contributed by atoms with van der Waals surface area (Å²) >= 11 is 8.86. The number of Topliss-reactive ketones (excluding diaryl/α,β-unsaturated/α-hetero) is 1. The maximum Gasteiger partial charge on any atom is 0.338 e. The lowest BCUT2D eigenvalue weighted by molar-refractivity contribution is -0.115. The monoisotopic (exact) mass is 332 g/mol. The van der Waals surface area contributed by atoms with Crippen LogP contribution in [0.2, 0.25) is 0 Å². The Kier molecular flexibility index (Phi) is 6.36. The molecule has 18 heavy (non-hydrogen) atoms. The Morgan fingerprint density at radius 1 is 1.39 bits per heavy atom. The van der Waals surface area contributed by atoms with Crippen LogP contribution in [-0.4, -0.2) is 23.7 Å². The van der Waals surface area contributed by atoms with Crippen molar-refractivity contribution in [2.45, 2.75) is 19.2 Å². The molecule has 0 spiro atoms. The Morgan fingerprint density at radius 3 is 2.67 bits per heavy atom. The highest BCUT2D eigenvalue weighted by molar-refractivity contribution is 9.09. The number of carbonyl (C=O) groups excluding carboxylic acids is 2. The van der Waals surface area contributed by atoms with E-state index in [0.29, 0.717) is 23.6 Å². The number of alkyl halides is 2. The molecule has 0 radical (unpaired) electrons. The van der Waals surface area contributed by atoms with E-state index in [0.717, 1.165) is 5.56 Å². The first-order chi connectivity index (χ1) is 8.62. The van der Waals surface area contributed by atoms with Crippen molar-refractivity contribution in [3.05, 3.63) is 34.9 Å². The maximum absolute atomic E-state index is 11.8. The van der Waals surface area contributed by atoms with Gasteiger partial charge in [-0.25, -0.2) is 4.79 Å². The molecule has 0 unspecified atom stereocenters. The molecular weight excluding hydrogens is 319 g/mol. The van der Waals surface area contributed by atoms with E-state index in [-0.39, 0.29) is 17.5 Å². The van der Waals surface area contributed by atoms with Crippen LogP contribution in [-0.2, 0) is 21.8 Å². The maximum atomic E-state index is 11.8. The minimum absolute atomic E-state index is 0.00673. The second-order valence-corrected chi connectivity index (χ2v) is 4.52. The van der Waals surface area contributed by atoms with Gasteiger partial charge in [-0.1, -0.05) is 28.1 Å². The van der Waals surface area contributed by atoms with Gasteiger partial charge < -0.3 is 4.74 Å². The van der Waals surface area contributed by atoms with Crippen LogP contribution in [0.3, 0.4) is 0 Å². The summed E-state index contributed by atoms with van der Waals surface area (Å²) in [5.41, 5.74) is 1.97. The summed E-state index contributed by atoms with van der Waals surface area (Å²) in [6, 6.07) is 5.20. The third-order valence-electron chi connectivity index (χ3n) is 2.36. The number of halogens is 2. The molecule has 0 amide bonds. The van der Waals surface area contributed by atoms with Gasteiger partial charge in [0.2, 0.25) is 0 Å². The van der Waals surface area contributed by atoms with E-state index in [1.807, 2.05) is 0 Å². The molecule has 0 aromatic heterocycles. The van der Waals surface area contributed by atoms with Crippen molar-refractivity contribution in [1.29, 1.82) is 0 Å². The van der Waals surface area contributed by atoms with Crippen LogP contribution in [0.1, 0.15) is 28.4 Å². The highest BCUT2D eigenvalue weighted by atomic mass is 79.9. The Morgan fingerprint density at radius 2 is 2.11 bits per heavy atom. The molecule has 0 saturated heterocycles. The third-order valence-corrected chi connectivity index (χ3v) is 3.29. The Balaban J connectivity index is 3.07. The average Bonchev–Trinajstić information content (AvgIpc) is 2.38. The predicted octanol–water partition coefficient (Wildman–Crippen LogP) is 3.11. The lowest BCUT2D eigenvalue weighted by Crippen LogP contribution is -2.12. The third kappa shape index (κ3) is 4.10. The smallest absolute Gasteiger partial charge is 0.338 e. The average molecular weight is 334 g/mol. The number of ketones is 1. The molecular formula is C13H14BrClO3. The number of hydrogen-bond donors (Lipinski definition) is 0. The van der Waals surface area contributed by atoms with Gasteiger partial charge in [-0.15, -0.1) is 11.6 Å². The molecule has 0 aliphatic heterocycles. The molecule has 0 saturated carbocycles. The van der Waals surface area contributed by atoms with Gasteiger partial charge in [0.25, 0.3) is 0 Å². The number of rotatable bonds is 6. The molecule has 1 rings (SSSR count). The Labute approximate surface area is 120 Å². The normalized spacial score (nSPS) is 10.2. The predicted molar refractivity (Wildman–Crippen MR) is 74.5 cm³/mol. The Hall–Kier alpha value is -0.870. The van der Waals surface area contributed by atoms with Crippen molar-refractivity contribution in [3.63, 3.8) is 0 Å². The highest BCUT2D eigenvalue weighted by Crippen LogP contribution is 2.16. The van der Waals surface area contributed by atoms with Crippen LogP contribution in [0.4, 0.5) is 0 Å². The lowest BCUT2D eigenvalue weighted by atomic mass is 10.0. The van der Waals surface area contributed by atoms with Crippen LogP contribution in [0.5, 0.6) is 0 Å². The summed E-state index contributed by atoms with van der Waals surface area (Å²) in [5.74, 6) is -0.0539. The molecule has 3 nitrogen and oxygen atoms in total. The molecule has 98 valence electrons. The van der Waals surface area contributed by atoms with Gasteiger partial charge in [-0.05, 0) is 24.1 Å². The minimum atomic E-state index is -0.406. The zero-order valence-electron chi connectivity index (χ0n) is 10.0. The molecule has 0 bridgehead atoms. The van der Waals surface area contributed by atoms with Crippen LogP contribution in [0, 0.1) is 0 Å². The zero-order chi connectivity index (χ0) is 13.5. The van der Waals surface area contributed by atoms with E-state index < -0.39 is 5.97 Å². The number of ether oxygens (including phenoxy) is 1. The first-order valence-electron chi connectivity index (χ1n) is 5.54. The first-order valence-corrected chi connectivity index (χ1v) is 7.20. The zero-order valence-corrected chi connectivity index (χ0v) is 12.4. The summed E-state index contributed by atoms with van der Waals surface area (Å²) in [5, 5.41) is 0.264. The highest BCUT2D eigenvalue weighted by Gasteiger charge is 2.15. The van der Waals surface area contributed by atoms with Gasteiger partial charge >= 0.3 is 5.97 Å². The van der Waals surface area contributed by atoms with Crippen molar-refractivity contribution >= 4 is 39.3 Å². The summed E-state index contributed by atoms with van der Waals surface area (Å²) in [6.07, 6.45) is 0.199. The van der Waals surface area contributed by atoms with Crippen LogP contribution in [0.25, 0.3) is 0 Å².